The van der Waals surface area contributed by atoms with Crippen LogP contribution in [0.5, 0.6) is 5.75 Å². The standard InChI is InChI=1S/C17H22N2O3/c1-4-6-16(20)19(5-2)11-13-9-12-10-14(22-3)7-8-15(12)18-17(13)21/h7-10H,4-6,11H2,1-3H3,(H,18,21). The molecule has 0 aliphatic heterocycles. The van der Waals surface area contributed by atoms with Gasteiger partial charge in [0.2, 0.25) is 5.91 Å². The second-order valence-electron chi connectivity index (χ2n) is 5.23. The number of H-pyrrole nitrogens is 1. The number of hydrogen-bond donors (Lipinski definition) is 1. The maximum atomic E-state index is 12.2. The van der Waals surface area contributed by atoms with Gasteiger partial charge in [-0.1, -0.05) is 6.92 Å². The highest BCUT2D eigenvalue weighted by Crippen LogP contribution is 2.19. The molecule has 0 atom stereocenters. The normalized spacial score (nSPS) is 10.7. The number of carbonyl (C=O) groups is 1. The predicted octanol–water partition coefficient (Wildman–Crippen LogP) is 2.69. The second kappa shape index (κ2) is 7.11. The number of nitrogens with zero attached hydrogens (tertiary/aromatic N) is 1. The van der Waals surface area contributed by atoms with Crippen molar-refractivity contribution >= 4 is 16.8 Å². The molecule has 0 fully saturated rings. The van der Waals surface area contributed by atoms with Crippen molar-refractivity contribution in [3.8, 4) is 5.75 Å². The number of carbonyl (C=O) groups excluding carboxylic acids is 1. The third kappa shape index (κ3) is 3.47. The minimum Gasteiger partial charge on any atom is -0.497 e. The molecule has 2 aromatic rings. The summed E-state index contributed by atoms with van der Waals surface area (Å²) in [5.41, 5.74) is 1.20. The van der Waals surface area contributed by atoms with E-state index in [0.717, 1.165) is 23.1 Å². The van der Waals surface area contributed by atoms with Gasteiger partial charge in [-0.15, -0.1) is 0 Å². The Morgan fingerprint density at radius 3 is 2.68 bits per heavy atom. The number of hydrogen-bond acceptors (Lipinski definition) is 3. The summed E-state index contributed by atoms with van der Waals surface area (Å²) < 4.78 is 5.21. The summed E-state index contributed by atoms with van der Waals surface area (Å²) >= 11 is 0. The van der Waals surface area contributed by atoms with Crippen LogP contribution < -0.4 is 10.3 Å². The van der Waals surface area contributed by atoms with Crippen molar-refractivity contribution in [2.75, 3.05) is 13.7 Å². The van der Waals surface area contributed by atoms with Crippen molar-refractivity contribution in [3.05, 3.63) is 40.2 Å². The lowest BCUT2D eigenvalue weighted by atomic mass is 10.1. The van der Waals surface area contributed by atoms with E-state index in [0.29, 0.717) is 25.1 Å². The van der Waals surface area contributed by atoms with Crippen LogP contribution in [0.2, 0.25) is 0 Å². The van der Waals surface area contributed by atoms with Gasteiger partial charge in [0, 0.05) is 29.4 Å². The number of fused-ring (bicyclic) bond motifs is 1. The Balaban J connectivity index is 2.35. The molecule has 1 amide bonds. The first-order valence-electron chi connectivity index (χ1n) is 7.56. The molecule has 0 aliphatic rings. The first-order valence-corrected chi connectivity index (χ1v) is 7.56. The van der Waals surface area contributed by atoms with Crippen LogP contribution in [0.4, 0.5) is 0 Å². The van der Waals surface area contributed by atoms with Crippen molar-refractivity contribution in [2.45, 2.75) is 33.2 Å². The summed E-state index contributed by atoms with van der Waals surface area (Å²) in [6.45, 7) is 4.82. The van der Waals surface area contributed by atoms with E-state index in [1.54, 1.807) is 18.1 Å². The van der Waals surface area contributed by atoms with Gasteiger partial charge >= 0.3 is 0 Å². The molecule has 118 valence electrons. The summed E-state index contributed by atoms with van der Waals surface area (Å²) in [5.74, 6) is 0.815. The Bertz CT molecular complexity index is 721. The van der Waals surface area contributed by atoms with Gasteiger partial charge in [-0.05, 0) is 37.6 Å². The minimum atomic E-state index is -0.152. The molecule has 0 radical (unpaired) electrons. The van der Waals surface area contributed by atoms with Gasteiger partial charge in [0.1, 0.15) is 5.75 Å². The molecule has 22 heavy (non-hydrogen) atoms. The highest BCUT2D eigenvalue weighted by Gasteiger charge is 2.13. The average molecular weight is 302 g/mol. The third-order valence-electron chi connectivity index (χ3n) is 3.69. The van der Waals surface area contributed by atoms with Crippen LogP contribution in [0.3, 0.4) is 0 Å². The van der Waals surface area contributed by atoms with Crippen LogP contribution in [-0.4, -0.2) is 29.4 Å². The van der Waals surface area contributed by atoms with E-state index in [9.17, 15) is 9.59 Å². The van der Waals surface area contributed by atoms with Crippen LogP contribution in [0.25, 0.3) is 10.9 Å². The fourth-order valence-corrected chi connectivity index (χ4v) is 2.43. The first-order chi connectivity index (χ1) is 10.6. The molecule has 0 saturated heterocycles. The molecular formula is C17H22N2O3. The number of ether oxygens (including phenoxy) is 1. The number of aromatic nitrogens is 1. The SMILES string of the molecule is CCCC(=O)N(CC)Cc1cc2cc(OC)ccc2[nH]c1=O. The predicted molar refractivity (Wildman–Crippen MR) is 87.1 cm³/mol. The average Bonchev–Trinajstić information content (AvgIpc) is 2.52. The number of aromatic amines is 1. The molecule has 1 N–H and O–H groups in total. The van der Waals surface area contributed by atoms with Crippen molar-refractivity contribution in [2.24, 2.45) is 0 Å². The monoisotopic (exact) mass is 302 g/mol. The van der Waals surface area contributed by atoms with Crippen LogP contribution in [0.1, 0.15) is 32.3 Å². The highest BCUT2D eigenvalue weighted by atomic mass is 16.5. The summed E-state index contributed by atoms with van der Waals surface area (Å²) in [5, 5.41) is 0.896. The van der Waals surface area contributed by atoms with Gasteiger partial charge in [-0.25, -0.2) is 0 Å². The molecule has 0 spiro atoms. The van der Waals surface area contributed by atoms with Crippen LogP contribution in [-0.2, 0) is 11.3 Å². The molecule has 0 aliphatic carbocycles. The Labute approximate surface area is 129 Å². The molecular weight excluding hydrogens is 280 g/mol. The molecule has 0 unspecified atom stereocenters. The van der Waals surface area contributed by atoms with E-state index in [2.05, 4.69) is 4.98 Å². The molecule has 0 bridgehead atoms. The quantitative estimate of drug-likeness (QED) is 0.892. The maximum Gasteiger partial charge on any atom is 0.253 e. The van der Waals surface area contributed by atoms with Crippen molar-refractivity contribution < 1.29 is 9.53 Å². The van der Waals surface area contributed by atoms with E-state index >= 15 is 0 Å². The largest absolute Gasteiger partial charge is 0.497 e. The van der Waals surface area contributed by atoms with Crippen LogP contribution >= 0.6 is 0 Å². The van der Waals surface area contributed by atoms with Crippen molar-refractivity contribution in [1.82, 2.24) is 9.88 Å². The topological polar surface area (TPSA) is 62.4 Å². The Morgan fingerprint density at radius 2 is 2.05 bits per heavy atom. The molecule has 1 aromatic carbocycles. The third-order valence-corrected chi connectivity index (χ3v) is 3.69. The molecule has 1 aromatic heterocycles. The number of benzene rings is 1. The number of pyridine rings is 1. The van der Waals surface area contributed by atoms with E-state index in [-0.39, 0.29) is 11.5 Å². The smallest absolute Gasteiger partial charge is 0.253 e. The maximum absolute atomic E-state index is 12.2. The van der Waals surface area contributed by atoms with Gasteiger partial charge < -0.3 is 14.6 Å². The number of methoxy groups -OCH3 is 1. The lowest BCUT2D eigenvalue weighted by molar-refractivity contribution is -0.131. The number of rotatable bonds is 6. The molecule has 5 heteroatoms. The summed E-state index contributed by atoms with van der Waals surface area (Å²) in [6, 6.07) is 7.33. The van der Waals surface area contributed by atoms with Crippen LogP contribution in [0.15, 0.2) is 29.1 Å². The fourth-order valence-electron chi connectivity index (χ4n) is 2.43. The Kier molecular flexibility index (Phi) is 5.20. The van der Waals surface area contributed by atoms with E-state index < -0.39 is 0 Å². The van der Waals surface area contributed by atoms with Gasteiger partial charge in [0.15, 0.2) is 0 Å². The van der Waals surface area contributed by atoms with Crippen molar-refractivity contribution in [3.63, 3.8) is 0 Å². The second-order valence-corrected chi connectivity index (χ2v) is 5.23. The zero-order valence-electron chi connectivity index (χ0n) is 13.3. The Hall–Kier alpha value is -2.30. The molecule has 0 saturated carbocycles. The minimum absolute atomic E-state index is 0.0788. The summed E-state index contributed by atoms with van der Waals surface area (Å²) in [4.78, 5) is 28.8. The lowest BCUT2D eigenvalue weighted by Crippen LogP contribution is -2.32. The van der Waals surface area contributed by atoms with Crippen LogP contribution in [0, 0.1) is 0 Å². The van der Waals surface area contributed by atoms with Gasteiger partial charge in [-0.2, -0.15) is 0 Å². The fraction of sp³-hybridized carbons (Fsp3) is 0.412. The van der Waals surface area contributed by atoms with E-state index in [1.165, 1.54) is 0 Å². The van der Waals surface area contributed by atoms with Crippen molar-refractivity contribution in [1.29, 1.82) is 0 Å². The number of amides is 1. The number of nitrogens with one attached hydrogen (secondary N) is 1. The summed E-state index contributed by atoms with van der Waals surface area (Å²) in [7, 11) is 1.61. The first kappa shape index (κ1) is 16.1. The zero-order valence-corrected chi connectivity index (χ0v) is 13.3. The molecule has 5 nitrogen and oxygen atoms in total. The van der Waals surface area contributed by atoms with Gasteiger partial charge in [0.05, 0.1) is 13.7 Å². The zero-order chi connectivity index (χ0) is 16.1. The molecule has 2 rings (SSSR count). The lowest BCUT2D eigenvalue weighted by Gasteiger charge is -2.20. The summed E-state index contributed by atoms with van der Waals surface area (Å²) in [6.07, 6.45) is 1.31. The van der Waals surface area contributed by atoms with Gasteiger partial charge in [-0.3, -0.25) is 9.59 Å². The highest BCUT2D eigenvalue weighted by molar-refractivity contribution is 5.81. The van der Waals surface area contributed by atoms with E-state index in [4.69, 9.17) is 4.74 Å². The Morgan fingerprint density at radius 1 is 1.27 bits per heavy atom. The van der Waals surface area contributed by atoms with E-state index in [1.807, 2.05) is 32.0 Å². The van der Waals surface area contributed by atoms with Gasteiger partial charge in [0.25, 0.3) is 5.56 Å². The molecule has 1 heterocycles.